The molecule has 0 heterocycles. The van der Waals surface area contributed by atoms with Crippen LogP contribution in [-0.2, 0) is 4.79 Å². The topological polar surface area (TPSA) is 70.2 Å². The van der Waals surface area contributed by atoms with Crippen LogP contribution in [0.15, 0.2) is 72.8 Å². The van der Waals surface area contributed by atoms with Crippen LogP contribution in [0.25, 0.3) is 0 Å². The van der Waals surface area contributed by atoms with Gasteiger partial charge in [-0.05, 0) is 67.8 Å². The van der Waals surface area contributed by atoms with Gasteiger partial charge in [0.1, 0.15) is 0 Å². The highest BCUT2D eigenvalue weighted by Crippen LogP contribution is 2.17. The largest absolute Gasteiger partial charge is 0.376 e. The lowest BCUT2D eigenvalue weighted by Crippen LogP contribution is -2.26. The molecular weight excluding hydrogens is 374 g/mol. The summed E-state index contributed by atoms with van der Waals surface area (Å²) in [6.07, 6.45) is 0. The zero-order chi connectivity index (χ0) is 21.5. The van der Waals surface area contributed by atoms with E-state index in [9.17, 15) is 9.59 Å². The first-order valence-electron chi connectivity index (χ1n) is 9.99. The number of aryl methyl sites for hydroxylation is 2. The average Bonchev–Trinajstić information content (AvgIpc) is 2.75. The van der Waals surface area contributed by atoms with Crippen LogP contribution in [0, 0.1) is 13.8 Å². The Kier molecular flexibility index (Phi) is 6.86. The Hall–Kier alpha value is -3.60. The van der Waals surface area contributed by atoms with Crippen LogP contribution in [0.2, 0.25) is 0 Å². The van der Waals surface area contributed by atoms with Gasteiger partial charge in [-0.25, -0.2) is 0 Å². The molecule has 0 saturated heterocycles. The maximum absolute atomic E-state index is 12.5. The highest BCUT2D eigenvalue weighted by molar-refractivity contribution is 5.96. The van der Waals surface area contributed by atoms with Crippen LogP contribution in [-0.4, -0.2) is 18.4 Å². The first-order valence-corrected chi connectivity index (χ1v) is 9.99. The summed E-state index contributed by atoms with van der Waals surface area (Å²) in [6, 6.07) is 22.8. The number of benzene rings is 3. The van der Waals surface area contributed by atoms with E-state index in [4.69, 9.17) is 0 Å². The molecule has 3 N–H and O–H groups in total. The van der Waals surface area contributed by atoms with Gasteiger partial charge in [0.05, 0.1) is 12.6 Å². The summed E-state index contributed by atoms with van der Waals surface area (Å²) >= 11 is 0. The molecule has 1 atom stereocenters. The third kappa shape index (κ3) is 5.70. The number of rotatable bonds is 7. The van der Waals surface area contributed by atoms with Gasteiger partial charge in [0.25, 0.3) is 5.91 Å². The number of nitrogens with one attached hydrogen (secondary N) is 3. The highest BCUT2D eigenvalue weighted by atomic mass is 16.2. The third-order valence-corrected chi connectivity index (χ3v) is 4.91. The van der Waals surface area contributed by atoms with Crippen molar-refractivity contribution in [3.8, 4) is 0 Å². The molecule has 5 nitrogen and oxygen atoms in total. The van der Waals surface area contributed by atoms with Crippen LogP contribution in [0.4, 0.5) is 11.4 Å². The summed E-state index contributed by atoms with van der Waals surface area (Å²) in [5.41, 5.74) is 5.34. The summed E-state index contributed by atoms with van der Waals surface area (Å²) in [5, 5.41) is 9.01. The second-order valence-corrected chi connectivity index (χ2v) is 7.40. The number of anilines is 2. The first kappa shape index (κ1) is 21.1. The number of hydrogen-bond donors (Lipinski definition) is 3. The average molecular weight is 402 g/mol. The van der Waals surface area contributed by atoms with Crippen molar-refractivity contribution in [2.24, 2.45) is 0 Å². The van der Waals surface area contributed by atoms with E-state index in [0.717, 1.165) is 28.1 Å². The maximum Gasteiger partial charge on any atom is 0.251 e. The van der Waals surface area contributed by atoms with Crippen LogP contribution in [0.5, 0.6) is 0 Å². The smallest absolute Gasteiger partial charge is 0.251 e. The molecule has 5 heteroatoms. The second kappa shape index (κ2) is 9.74. The minimum absolute atomic E-state index is 0.0784. The Labute approximate surface area is 177 Å². The molecule has 1 unspecified atom stereocenters. The Bertz CT molecular complexity index is 1010. The van der Waals surface area contributed by atoms with Gasteiger partial charge in [-0.3, -0.25) is 9.59 Å². The molecule has 0 saturated carbocycles. The molecule has 3 rings (SSSR count). The molecule has 0 radical (unpaired) electrons. The lowest BCUT2D eigenvalue weighted by atomic mass is 10.1. The van der Waals surface area contributed by atoms with Crippen molar-refractivity contribution in [2.45, 2.75) is 26.8 Å². The van der Waals surface area contributed by atoms with Crippen LogP contribution in [0.1, 0.15) is 40.0 Å². The summed E-state index contributed by atoms with van der Waals surface area (Å²) in [5.74, 6) is -0.257. The highest BCUT2D eigenvalue weighted by Gasteiger charge is 2.11. The Balaban J connectivity index is 1.52. The van der Waals surface area contributed by atoms with Crippen molar-refractivity contribution in [1.29, 1.82) is 0 Å². The van der Waals surface area contributed by atoms with Gasteiger partial charge in [-0.2, -0.15) is 0 Å². The van der Waals surface area contributed by atoms with Crippen molar-refractivity contribution in [3.05, 3.63) is 95.1 Å². The van der Waals surface area contributed by atoms with Crippen LogP contribution < -0.4 is 16.0 Å². The Morgan fingerprint density at radius 3 is 2.30 bits per heavy atom. The predicted octanol–water partition coefficient (Wildman–Crippen LogP) is 4.85. The molecule has 3 aromatic rings. The van der Waals surface area contributed by atoms with Gasteiger partial charge < -0.3 is 16.0 Å². The molecule has 30 heavy (non-hydrogen) atoms. The predicted molar refractivity (Wildman–Crippen MR) is 122 cm³/mol. The Morgan fingerprint density at radius 1 is 0.900 bits per heavy atom. The maximum atomic E-state index is 12.5. The quantitative estimate of drug-likeness (QED) is 0.530. The molecule has 154 valence electrons. The minimum atomic E-state index is -0.134. The molecule has 0 aliphatic heterocycles. The normalized spacial score (nSPS) is 11.4. The van der Waals surface area contributed by atoms with Crippen molar-refractivity contribution >= 4 is 23.2 Å². The first-order chi connectivity index (χ1) is 14.4. The van der Waals surface area contributed by atoms with Gasteiger partial charge >= 0.3 is 0 Å². The van der Waals surface area contributed by atoms with E-state index < -0.39 is 0 Å². The number of carbonyl (C=O) groups is 2. The van der Waals surface area contributed by atoms with Gasteiger partial charge in [0.2, 0.25) is 5.91 Å². The molecule has 0 bridgehead atoms. The van der Waals surface area contributed by atoms with Gasteiger partial charge in [-0.1, -0.05) is 42.5 Å². The molecule has 0 spiro atoms. The molecule has 0 aliphatic carbocycles. The minimum Gasteiger partial charge on any atom is -0.376 e. The van der Waals surface area contributed by atoms with Crippen molar-refractivity contribution in [1.82, 2.24) is 5.32 Å². The van der Waals surface area contributed by atoms with Gasteiger partial charge in [-0.15, -0.1) is 0 Å². The van der Waals surface area contributed by atoms with Crippen LogP contribution >= 0.6 is 0 Å². The third-order valence-electron chi connectivity index (χ3n) is 4.91. The van der Waals surface area contributed by atoms with E-state index in [1.807, 2.05) is 69.3 Å². The number of carbonyl (C=O) groups excluding carboxylic acids is 2. The van der Waals surface area contributed by atoms with E-state index in [0.29, 0.717) is 5.56 Å². The molecule has 0 aromatic heterocycles. The molecule has 0 aliphatic rings. The van der Waals surface area contributed by atoms with E-state index in [-0.39, 0.29) is 24.4 Å². The summed E-state index contributed by atoms with van der Waals surface area (Å²) in [7, 11) is 0. The summed E-state index contributed by atoms with van der Waals surface area (Å²) < 4.78 is 0. The van der Waals surface area contributed by atoms with Crippen molar-refractivity contribution in [3.63, 3.8) is 0 Å². The van der Waals surface area contributed by atoms with E-state index in [1.54, 1.807) is 24.3 Å². The SMILES string of the molecule is Cc1ccc(C)c(NC(=O)CNc2ccc(C(=O)NC(C)c3ccccc3)cc2)c1. The monoisotopic (exact) mass is 401 g/mol. The summed E-state index contributed by atoms with van der Waals surface area (Å²) in [4.78, 5) is 24.7. The fourth-order valence-corrected chi connectivity index (χ4v) is 3.09. The van der Waals surface area contributed by atoms with Crippen LogP contribution in [0.3, 0.4) is 0 Å². The Morgan fingerprint density at radius 2 is 1.60 bits per heavy atom. The molecule has 0 fully saturated rings. The lowest BCUT2D eigenvalue weighted by molar-refractivity contribution is -0.114. The number of hydrogen-bond acceptors (Lipinski definition) is 3. The van der Waals surface area contributed by atoms with Gasteiger partial charge in [0, 0.05) is 16.9 Å². The number of amides is 2. The fraction of sp³-hybridized carbons (Fsp3) is 0.200. The summed E-state index contributed by atoms with van der Waals surface area (Å²) in [6.45, 7) is 6.05. The van der Waals surface area contributed by atoms with E-state index in [2.05, 4.69) is 16.0 Å². The molecule has 2 amide bonds. The van der Waals surface area contributed by atoms with Crippen molar-refractivity contribution in [2.75, 3.05) is 17.2 Å². The second-order valence-electron chi connectivity index (χ2n) is 7.40. The van der Waals surface area contributed by atoms with E-state index >= 15 is 0 Å². The zero-order valence-corrected chi connectivity index (χ0v) is 17.5. The molecule has 3 aromatic carbocycles. The zero-order valence-electron chi connectivity index (χ0n) is 17.5. The van der Waals surface area contributed by atoms with Gasteiger partial charge in [0.15, 0.2) is 0 Å². The standard InChI is InChI=1S/C25H27N3O2/c1-17-9-10-18(2)23(15-17)28-24(29)16-26-22-13-11-21(12-14-22)25(30)27-19(3)20-7-5-4-6-8-20/h4-15,19,26H,16H2,1-3H3,(H,27,30)(H,28,29). The lowest BCUT2D eigenvalue weighted by Gasteiger charge is -2.14. The molecular formula is C25H27N3O2. The van der Waals surface area contributed by atoms with E-state index in [1.165, 1.54) is 0 Å². The fourth-order valence-electron chi connectivity index (χ4n) is 3.09. The van der Waals surface area contributed by atoms with Crippen molar-refractivity contribution < 1.29 is 9.59 Å².